The van der Waals surface area contributed by atoms with Crippen LogP contribution in [0.3, 0.4) is 0 Å². The van der Waals surface area contributed by atoms with E-state index in [2.05, 4.69) is 21.9 Å². The van der Waals surface area contributed by atoms with E-state index in [0.29, 0.717) is 5.92 Å². The van der Waals surface area contributed by atoms with Gasteiger partial charge in [-0.2, -0.15) is 5.10 Å². The van der Waals surface area contributed by atoms with E-state index in [1.165, 1.54) is 16.0 Å². The van der Waals surface area contributed by atoms with Crippen LogP contribution < -0.4 is 9.80 Å². The zero-order chi connectivity index (χ0) is 23.7. The SMILES string of the molecule is [2H]CN1C(=O)OCc2cc(-c3cncc(N4CCC(Cc5cnn(C[2H])c5)CC4)c3C)ccc21. The lowest BCUT2D eigenvalue weighted by Gasteiger charge is -2.34. The van der Waals surface area contributed by atoms with Crippen LogP contribution in [0, 0.1) is 12.8 Å². The van der Waals surface area contributed by atoms with Crippen molar-refractivity contribution in [2.75, 3.05) is 29.9 Å². The fourth-order valence-corrected chi connectivity index (χ4v) is 4.79. The summed E-state index contributed by atoms with van der Waals surface area (Å²) < 4.78 is 22.0. The molecule has 2 aliphatic heterocycles. The molecule has 0 aliphatic carbocycles. The molecule has 1 saturated heterocycles. The Balaban J connectivity index is 1.31. The molecule has 0 bridgehead atoms. The third-order valence-corrected chi connectivity index (χ3v) is 6.61. The highest BCUT2D eigenvalue weighted by Gasteiger charge is 2.24. The summed E-state index contributed by atoms with van der Waals surface area (Å²) in [6.45, 7) is 4.34. The summed E-state index contributed by atoms with van der Waals surface area (Å²) in [5.41, 5.74) is 7.32. The molecule has 5 rings (SSSR count). The molecule has 1 aromatic carbocycles. The Morgan fingerprint density at radius 1 is 1.16 bits per heavy atom. The molecule has 4 heterocycles. The molecule has 0 saturated carbocycles. The summed E-state index contributed by atoms with van der Waals surface area (Å²) in [5, 5.41) is 4.23. The van der Waals surface area contributed by atoms with Crippen LogP contribution in [-0.2, 0) is 24.8 Å². The smallest absolute Gasteiger partial charge is 0.414 e. The van der Waals surface area contributed by atoms with Crippen molar-refractivity contribution in [3.8, 4) is 11.1 Å². The van der Waals surface area contributed by atoms with Gasteiger partial charge in [0.15, 0.2) is 0 Å². The average Bonchev–Trinajstić information content (AvgIpc) is 3.32. The average molecular weight is 434 g/mol. The summed E-state index contributed by atoms with van der Waals surface area (Å²) >= 11 is 0. The van der Waals surface area contributed by atoms with Crippen molar-refractivity contribution >= 4 is 17.5 Å². The summed E-state index contributed by atoms with van der Waals surface area (Å²) in [4.78, 5) is 20.2. The molecule has 0 radical (unpaired) electrons. The predicted octanol–water partition coefficient (Wildman–Crippen LogP) is 4.34. The number of anilines is 2. The van der Waals surface area contributed by atoms with Gasteiger partial charge in [0.1, 0.15) is 6.61 Å². The number of benzene rings is 1. The first kappa shape index (κ1) is 18.2. The highest BCUT2D eigenvalue weighted by molar-refractivity contribution is 5.90. The molecule has 0 N–H and O–H groups in total. The van der Waals surface area contributed by atoms with Crippen molar-refractivity contribution in [3.05, 3.63) is 59.7 Å². The monoisotopic (exact) mass is 433 g/mol. The Morgan fingerprint density at radius 2 is 2.03 bits per heavy atom. The van der Waals surface area contributed by atoms with Gasteiger partial charge in [-0.25, -0.2) is 4.79 Å². The Labute approximate surface area is 191 Å². The lowest BCUT2D eigenvalue weighted by molar-refractivity contribution is 0.143. The fourth-order valence-electron chi connectivity index (χ4n) is 4.79. The van der Waals surface area contributed by atoms with Crippen LogP contribution in [-0.4, -0.2) is 41.0 Å². The van der Waals surface area contributed by atoms with Crippen molar-refractivity contribution in [1.82, 2.24) is 14.8 Å². The van der Waals surface area contributed by atoms with Gasteiger partial charge >= 0.3 is 6.09 Å². The van der Waals surface area contributed by atoms with Crippen LogP contribution in [0.15, 0.2) is 43.0 Å². The molecule has 166 valence electrons. The second-order valence-corrected chi connectivity index (χ2v) is 8.68. The molecule has 7 heteroatoms. The zero-order valence-corrected chi connectivity index (χ0v) is 18.3. The standard InChI is InChI=1S/C25H29N5O2/c1-17-22(20-4-5-23-21(11-20)16-32-25(31)29(23)3)13-26-14-24(17)30-8-6-18(7-9-30)10-19-12-27-28(2)15-19/h4-5,11-15,18H,6-10,16H2,1-3H3/i2D,3D. The van der Waals surface area contributed by atoms with Crippen molar-refractivity contribution in [1.29, 1.82) is 0 Å². The lowest BCUT2D eigenvalue weighted by atomic mass is 9.90. The molecule has 2 aromatic heterocycles. The second kappa shape index (κ2) is 8.30. The van der Waals surface area contributed by atoms with Gasteiger partial charge in [-0.3, -0.25) is 14.6 Å². The van der Waals surface area contributed by atoms with Crippen LogP contribution in [0.1, 0.15) is 32.3 Å². The number of aryl methyl sites for hydroxylation is 1. The predicted molar refractivity (Wildman–Crippen MR) is 125 cm³/mol. The number of fused-ring (bicyclic) bond motifs is 1. The fraction of sp³-hybridized carbons (Fsp3) is 0.400. The normalized spacial score (nSPS) is 17.6. The second-order valence-electron chi connectivity index (χ2n) is 8.68. The maximum absolute atomic E-state index is 11.9. The number of rotatable bonds is 4. The molecule has 7 nitrogen and oxygen atoms in total. The van der Waals surface area contributed by atoms with E-state index in [1.807, 2.05) is 43.0 Å². The van der Waals surface area contributed by atoms with Crippen LogP contribution >= 0.6 is 0 Å². The summed E-state index contributed by atoms with van der Waals surface area (Å²) in [6.07, 6.45) is 10.5. The number of aromatic nitrogens is 3. The topological polar surface area (TPSA) is 63.5 Å². The van der Waals surface area contributed by atoms with E-state index in [9.17, 15) is 4.79 Å². The summed E-state index contributed by atoms with van der Waals surface area (Å²) in [7, 11) is 0.00266. The van der Waals surface area contributed by atoms with Crippen molar-refractivity contribution in [2.45, 2.75) is 32.8 Å². The molecule has 32 heavy (non-hydrogen) atoms. The molecule has 0 unspecified atom stereocenters. The Bertz CT molecular complexity index is 1190. The molecule has 0 atom stereocenters. The van der Waals surface area contributed by atoms with Crippen LogP contribution in [0.2, 0.25) is 0 Å². The van der Waals surface area contributed by atoms with E-state index in [-0.39, 0.29) is 20.7 Å². The quantitative estimate of drug-likeness (QED) is 0.613. The van der Waals surface area contributed by atoms with Gasteiger partial charge in [0.25, 0.3) is 0 Å². The van der Waals surface area contributed by atoms with Crippen LogP contribution in [0.25, 0.3) is 11.1 Å². The van der Waals surface area contributed by atoms with Gasteiger partial charge in [-0.1, -0.05) is 6.07 Å². The van der Waals surface area contributed by atoms with E-state index < -0.39 is 6.09 Å². The first-order valence-corrected chi connectivity index (χ1v) is 10.9. The molecular formula is C25H29N5O2. The number of amides is 1. The molecule has 2 aliphatic rings. The maximum atomic E-state index is 11.9. The molecule has 0 spiro atoms. The zero-order valence-electron chi connectivity index (χ0n) is 20.3. The number of pyridine rings is 1. The van der Waals surface area contributed by atoms with Crippen molar-refractivity contribution < 1.29 is 12.3 Å². The molecule has 1 amide bonds. The molecule has 1 fully saturated rings. The highest BCUT2D eigenvalue weighted by atomic mass is 16.6. The Morgan fingerprint density at radius 3 is 2.81 bits per heavy atom. The van der Waals surface area contributed by atoms with E-state index in [1.54, 1.807) is 4.68 Å². The molecule has 3 aromatic rings. The highest BCUT2D eigenvalue weighted by Crippen LogP contribution is 2.35. The first-order chi connectivity index (χ1) is 16.6. The largest absolute Gasteiger partial charge is 0.444 e. The van der Waals surface area contributed by atoms with E-state index in [0.717, 1.165) is 60.4 Å². The minimum absolute atomic E-state index is 0.163. The van der Waals surface area contributed by atoms with Gasteiger partial charge in [0.2, 0.25) is 0 Å². The minimum Gasteiger partial charge on any atom is -0.444 e. The van der Waals surface area contributed by atoms with Crippen molar-refractivity contribution in [2.24, 2.45) is 12.9 Å². The first-order valence-electron chi connectivity index (χ1n) is 12.4. The number of ether oxygens (including phenoxy) is 1. The lowest BCUT2D eigenvalue weighted by Crippen LogP contribution is -2.34. The third-order valence-electron chi connectivity index (χ3n) is 6.61. The van der Waals surface area contributed by atoms with Gasteiger partial charge in [0, 0.05) is 53.4 Å². The van der Waals surface area contributed by atoms with E-state index in [4.69, 9.17) is 7.48 Å². The third kappa shape index (κ3) is 3.83. The summed E-state index contributed by atoms with van der Waals surface area (Å²) in [6, 6.07) is 5.94. The van der Waals surface area contributed by atoms with Crippen LogP contribution in [0.4, 0.5) is 16.2 Å². The van der Waals surface area contributed by atoms with Crippen LogP contribution in [0.5, 0.6) is 0 Å². The number of piperidine rings is 1. The van der Waals surface area contributed by atoms with Crippen molar-refractivity contribution in [3.63, 3.8) is 0 Å². The summed E-state index contributed by atoms with van der Waals surface area (Å²) in [5.74, 6) is 0.624. The van der Waals surface area contributed by atoms with E-state index >= 15 is 0 Å². The Hall–Kier alpha value is -3.35. The number of cyclic esters (lactones) is 1. The number of nitrogens with zero attached hydrogens (tertiary/aromatic N) is 5. The minimum atomic E-state index is -0.469. The Kier molecular flexibility index (Phi) is 4.73. The maximum Gasteiger partial charge on any atom is 0.414 e. The number of hydrogen-bond acceptors (Lipinski definition) is 5. The van der Waals surface area contributed by atoms with Gasteiger partial charge in [0.05, 0.1) is 23.8 Å². The van der Waals surface area contributed by atoms with Gasteiger partial charge in [-0.15, -0.1) is 0 Å². The van der Waals surface area contributed by atoms with Gasteiger partial charge in [-0.05, 0) is 60.9 Å². The van der Waals surface area contributed by atoms with Gasteiger partial charge < -0.3 is 9.64 Å². The molecular weight excluding hydrogens is 402 g/mol. The number of carbonyl (C=O) groups excluding carboxylic acids is 1. The number of hydrogen-bond donors (Lipinski definition) is 0. The number of carbonyl (C=O) groups is 1.